The Morgan fingerprint density at radius 2 is 2.04 bits per heavy atom. The fourth-order valence-corrected chi connectivity index (χ4v) is 3.35. The molecule has 0 saturated carbocycles. The van der Waals surface area contributed by atoms with E-state index in [-0.39, 0.29) is 17.1 Å². The van der Waals surface area contributed by atoms with Gasteiger partial charge >= 0.3 is 5.97 Å². The second kappa shape index (κ2) is 9.93. The van der Waals surface area contributed by atoms with E-state index in [1.165, 1.54) is 23.1 Å². The predicted molar refractivity (Wildman–Crippen MR) is 97.7 cm³/mol. The van der Waals surface area contributed by atoms with Gasteiger partial charge in [0.2, 0.25) is 5.91 Å². The summed E-state index contributed by atoms with van der Waals surface area (Å²) in [5, 5.41) is 0.458. The highest BCUT2D eigenvalue weighted by molar-refractivity contribution is 7.99. The standard InChI is InChI=1S/C16H26N2O3S2/c1-6-8-9-10-18(14(19)12(4)22-5)16-17-11(3)13(23-16)15(20)21-7-2/h12H,6-10H2,1-5H3. The molecule has 1 atom stereocenters. The molecule has 7 heteroatoms. The molecule has 0 saturated heterocycles. The van der Waals surface area contributed by atoms with E-state index in [4.69, 9.17) is 4.74 Å². The van der Waals surface area contributed by atoms with Gasteiger partial charge in [0, 0.05) is 6.54 Å². The molecule has 0 N–H and O–H groups in total. The summed E-state index contributed by atoms with van der Waals surface area (Å²) in [4.78, 5) is 31.2. The monoisotopic (exact) mass is 358 g/mol. The molecule has 1 aromatic heterocycles. The Bertz CT molecular complexity index is 531. The molecule has 1 unspecified atom stereocenters. The number of thiazole rings is 1. The first-order valence-corrected chi connectivity index (χ1v) is 10.0. The van der Waals surface area contributed by atoms with Crippen molar-refractivity contribution in [3.63, 3.8) is 0 Å². The SMILES string of the molecule is CCCCCN(C(=O)C(C)SC)c1nc(C)c(C(=O)OCC)s1. The van der Waals surface area contributed by atoms with E-state index in [9.17, 15) is 9.59 Å². The van der Waals surface area contributed by atoms with Crippen LogP contribution in [-0.4, -0.2) is 41.5 Å². The first-order valence-electron chi connectivity index (χ1n) is 7.94. The van der Waals surface area contributed by atoms with Gasteiger partial charge in [-0.05, 0) is 33.4 Å². The molecule has 1 amide bonds. The maximum Gasteiger partial charge on any atom is 0.350 e. The molecule has 0 radical (unpaired) electrons. The second-order valence-corrected chi connectivity index (χ2v) is 7.36. The number of thioether (sulfide) groups is 1. The number of carbonyl (C=O) groups excluding carboxylic acids is 2. The first-order chi connectivity index (χ1) is 11.0. The maximum absolute atomic E-state index is 12.6. The average molecular weight is 359 g/mol. The summed E-state index contributed by atoms with van der Waals surface area (Å²) in [5.74, 6) is -0.328. The number of carbonyl (C=O) groups is 2. The van der Waals surface area contributed by atoms with E-state index >= 15 is 0 Å². The van der Waals surface area contributed by atoms with E-state index in [0.29, 0.717) is 28.9 Å². The average Bonchev–Trinajstić information content (AvgIpc) is 2.92. The highest BCUT2D eigenvalue weighted by atomic mass is 32.2. The largest absolute Gasteiger partial charge is 0.462 e. The topological polar surface area (TPSA) is 59.5 Å². The van der Waals surface area contributed by atoms with Crippen molar-refractivity contribution >= 4 is 40.1 Å². The molecule has 0 aromatic carbocycles. The van der Waals surface area contributed by atoms with Crippen LogP contribution in [0.25, 0.3) is 0 Å². The van der Waals surface area contributed by atoms with Crippen LogP contribution < -0.4 is 4.90 Å². The summed E-state index contributed by atoms with van der Waals surface area (Å²) >= 11 is 2.75. The van der Waals surface area contributed by atoms with Crippen molar-refractivity contribution in [2.75, 3.05) is 24.3 Å². The number of ether oxygens (including phenoxy) is 1. The molecule has 0 fully saturated rings. The molecule has 0 aliphatic rings. The summed E-state index contributed by atoms with van der Waals surface area (Å²) in [5.41, 5.74) is 0.619. The molecular formula is C16H26N2O3S2. The third-order valence-electron chi connectivity index (χ3n) is 3.43. The van der Waals surface area contributed by atoms with Crippen LogP contribution in [0.4, 0.5) is 5.13 Å². The molecule has 0 aliphatic heterocycles. The molecular weight excluding hydrogens is 332 g/mol. The number of anilines is 1. The van der Waals surface area contributed by atoms with Crippen LogP contribution in [0.1, 0.15) is 55.4 Å². The number of esters is 1. The third kappa shape index (κ3) is 5.49. The maximum atomic E-state index is 12.6. The van der Waals surface area contributed by atoms with Gasteiger partial charge in [0.05, 0.1) is 17.6 Å². The Morgan fingerprint density at radius 1 is 1.35 bits per heavy atom. The zero-order chi connectivity index (χ0) is 17.4. The highest BCUT2D eigenvalue weighted by Gasteiger charge is 2.26. The minimum atomic E-state index is -0.368. The van der Waals surface area contributed by atoms with Gasteiger partial charge in [-0.3, -0.25) is 9.69 Å². The molecule has 1 aromatic rings. The summed E-state index contributed by atoms with van der Waals surface area (Å²) in [6, 6.07) is 0. The Balaban J connectivity index is 3.03. The van der Waals surface area contributed by atoms with Crippen LogP contribution in [0.15, 0.2) is 0 Å². The van der Waals surface area contributed by atoms with Crippen LogP contribution in [0.3, 0.4) is 0 Å². The van der Waals surface area contributed by atoms with Gasteiger partial charge in [0.1, 0.15) is 4.88 Å². The predicted octanol–water partition coefficient (Wildman–Crippen LogP) is 3.90. The van der Waals surface area contributed by atoms with Crippen molar-refractivity contribution in [3.8, 4) is 0 Å². The summed E-state index contributed by atoms with van der Waals surface area (Å²) in [6.07, 6.45) is 5.00. The minimum Gasteiger partial charge on any atom is -0.462 e. The van der Waals surface area contributed by atoms with E-state index in [1.54, 1.807) is 18.7 Å². The van der Waals surface area contributed by atoms with Gasteiger partial charge in [0.15, 0.2) is 5.13 Å². The van der Waals surface area contributed by atoms with Crippen molar-refractivity contribution in [1.29, 1.82) is 0 Å². The van der Waals surface area contributed by atoms with Crippen LogP contribution in [0.2, 0.25) is 0 Å². The van der Waals surface area contributed by atoms with E-state index < -0.39 is 0 Å². The van der Waals surface area contributed by atoms with Crippen LogP contribution in [0.5, 0.6) is 0 Å². The van der Waals surface area contributed by atoms with Crippen molar-refractivity contribution in [1.82, 2.24) is 4.98 Å². The van der Waals surface area contributed by atoms with Gasteiger partial charge in [0.25, 0.3) is 0 Å². The van der Waals surface area contributed by atoms with Crippen LogP contribution in [-0.2, 0) is 9.53 Å². The van der Waals surface area contributed by atoms with Crippen LogP contribution in [0, 0.1) is 6.92 Å². The van der Waals surface area contributed by atoms with Gasteiger partial charge in [-0.15, -0.1) is 0 Å². The van der Waals surface area contributed by atoms with E-state index in [0.717, 1.165) is 19.3 Å². The van der Waals surface area contributed by atoms with Crippen molar-refractivity contribution in [2.24, 2.45) is 0 Å². The van der Waals surface area contributed by atoms with Gasteiger partial charge < -0.3 is 4.74 Å². The number of hydrogen-bond acceptors (Lipinski definition) is 6. The lowest BCUT2D eigenvalue weighted by atomic mass is 10.2. The summed E-state index contributed by atoms with van der Waals surface area (Å²) in [6.45, 7) is 8.53. The van der Waals surface area contributed by atoms with Gasteiger partial charge in [-0.25, -0.2) is 9.78 Å². The Kier molecular flexibility index (Phi) is 8.62. The van der Waals surface area contributed by atoms with Crippen molar-refractivity contribution in [2.45, 2.75) is 52.2 Å². The molecule has 0 bridgehead atoms. The fourth-order valence-electron chi connectivity index (χ4n) is 2.02. The quantitative estimate of drug-likeness (QED) is 0.495. The van der Waals surface area contributed by atoms with Crippen LogP contribution >= 0.6 is 23.1 Å². The fraction of sp³-hybridized carbons (Fsp3) is 0.688. The van der Waals surface area contributed by atoms with Crippen molar-refractivity contribution in [3.05, 3.63) is 10.6 Å². The number of hydrogen-bond donors (Lipinski definition) is 0. The number of aromatic nitrogens is 1. The number of amides is 1. The lowest BCUT2D eigenvalue weighted by molar-refractivity contribution is -0.117. The number of unbranched alkanes of at least 4 members (excludes halogenated alkanes) is 2. The minimum absolute atomic E-state index is 0.0396. The molecule has 130 valence electrons. The Hall–Kier alpha value is -1.08. The lowest BCUT2D eigenvalue weighted by Crippen LogP contribution is -2.37. The van der Waals surface area contributed by atoms with E-state index in [2.05, 4.69) is 11.9 Å². The number of nitrogens with zero attached hydrogens (tertiary/aromatic N) is 2. The van der Waals surface area contributed by atoms with Crippen molar-refractivity contribution < 1.29 is 14.3 Å². The molecule has 23 heavy (non-hydrogen) atoms. The lowest BCUT2D eigenvalue weighted by Gasteiger charge is -2.22. The molecule has 1 heterocycles. The smallest absolute Gasteiger partial charge is 0.350 e. The number of rotatable bonds is 9. The molecule has 5 nitrogen and oxygen atoms in total. The zero-order valence-electron chi connectivity index (χ0n) is 14.5. The molecule has 0 aliphatic carbocycles. The zero-order valence-corrected chi connectivity index (χ0v) is 16.2. The Morgan fingerprint density at radius 3 is 2.61 bits per heavy atom. The number of aryl methyl sites for hydroxylation is 1. The summed E-state index contributed by atoms with van der Waals surface area (Å²) in [7, 11) is 0. The summed E-state index contributed by atoms with van der Waals surface area (Å²) < 4.78 is 5.05. The third-order valence-corrected chi connectivity index (χ3v) is 5.50. The second-order valence-electron chi connectivity index (χ2n) is 5.21. The van der Waals surface area contributed by atoms with Gasteiger partial charge in [-0.2, -0.15) is 11.8 Å². The molecule has 1 rings (SSSR count). The molecule has 0 spiro atoms. The van der Waals surface area contributed by atoms with Gasteiger partial charge in [-0.1, -0.05) is 31.1 Å². The Labute approximate surface area is 146 Å². The highest BCUT2D eigenvalue weighted by Crippen LogP contribution is 2.28. The van der Waals surface area contributed by atoms with E-state index in [1.807, 2.05) is 13.2 Å². The normalized spacial score (nSPS) is 12.0. The first kappa shape index (κ1) is 20.0.